The maximum Gasteiger partial charge on any atom is 0.308 e. The van der Waals surface area contributed by atoms with Gasteiger partial charge < -0.3 is 15.5 Å². The molecule has 94 valence electrons. The van der Waals surface area contributed by atoms with Crippen molar-refractivity contribution in [1.29, 1.82) is 0 Å². The van der Waals surface area contributed by atoms with Crippen molar-refractivity contribution in [3.8, 4) is 0 Å². The quantitative estimate of drug-likeness (QED) is 0.712. The third kappa shape index (κ3) is 5.29. The smallest absolute Gasteiger partial charge is 0.308 e. The Bertz CT molecular complexity index is 407. The van der Waals surface area contributed by atoms with E-state index in [0.29, 0.717) is 6.54 Å². The molecule has 0 saturated carbocycles. The Balaban J connectivity index is 2.37. The molecule has 0 bridgehead atoms. The number of thiophene rings is 1. The molecule has 0 spiro atoms. The van der Waals surface area contributed by atoms with Crippen molar-refractivity contribution in [3.63, 3.8) is 0 Å². The first-order valence-corrected chi connectivity index (χ1v) is 6.54. The fourth-order valence-electron chi connectivity index (χ4n) is 1.27. The highest BCUT2D eigenvalue weighted by Gasteiger charge is 2.20. The van der Waals surface area contributed by atoms with Gasteiger partial charge in [0.25, 0.3) is 0 Å². The molecular formula is C10H12BrNO4S. The van der Waals surface area contributed by atoms with Gasteiger partial charge >= 0.3 is 11.9 Å². The number of hydrogen-bond donors (Lipinski definition) is 3. The SMILES string of the molecule is O=C(O)CC(CNCc1cc(Br)cs1)C(=O)O. The standard InChI is InChI=1S/C10H12BrNO4S/c11-7-2-8(17-5-7)4-12-3-6(10(15)16)1-9(13)14/h2,5-6,12H,1,3-4H2,(H,13,14)(H,15,16). The molecule has 1 atom stereocenters. The molecule has 1 unspecified atom stereocenters. The summed E-state index contributed by atoms with van der Waals surface area (Å²) in [5.41, 5.74) is 0. The Morgan fingerprint density at radius 3 is 2.65 bits per heavy atom. The first-order chi connectivity index (χ1) is 7.99. The molecule has 0 amide bonds. The van der Waals surface area contributed by atoms with E-state index in [1.165, 1.54) is 0 Å². The molecule has 1 heterocycles. The van der Waals surface area contributed by atoms with Gasteiger partial charge in [-0.3, -0.25) is 9.59 Å². The van der Waals surface area contributed by atoms with Crippen molar-refractivity contribution in [3.05, 3.63) is 20.8 Å². The highest BCUT2D eigenvalue weighted by Crippen LogP contribution is 2.19. The van der Waals surface area contributed by atoms with E-state index in [0.717, 1.165) is 9.35 Å². The molecule has 0 aromatic carbocycles. The third-order valence-corrected chi connectivity index (χ3v) is 3.78. The molecule has 0 aliphatic rings. The number of hydrogen-bond acceptors (Lipinski definition) is 4. The number of rotatable bonds is 7. The van der Waals surface area contributed by atoms with Gasteiger partial charge in [-0.1, -0.05) is 0 Å². The van der Waals surface area contributed by atoms with Gasteiger partial charge in [0.05, 0.1) is 12.3 Å². The minimum Gasteiger partial charge on any atom is -0.481 e. The zero-order chi connectivity index (χ0) is 12.8. The predicted molar refractivity (Wildman–Crippen MR) is 67.1 cm³/mol. The largest absolute Gasteiger partial charge is 0.481 e. The summed E-state index contributed by atoms with van der Waals surface area (Å²) in [6.45, 7) is 0.691. The molecule has 0 fully saturated rings. The van der Waals surface area contributed by atoms with Gasteiger partial charge in [0, 0.05) is 27.8 Å². The fourth-order valence-corrected chi connectivity index (χ4v) is 2.69. The van der Waals surface area contributed by atoms with Crippen LogP contribution in [0.1, 0.15) is 11.3 Å². The molecule has 0 aliphatic heterocycles. The number of halogens is 1. The van der Waals surface area contributed by atoms with E-state index < -0.39 is 17.9 Å². The monoisotopic (exact) mass is 321 g/mol. The van der Waals surface area contributed by atoms with Crippen molar-refractivity contribution in [2.75, 3.05) is 6.54 Å². The zero-order valence-corrected chi connectivity index (χ0v) is 11.3. The molecule has 7 heteroatoms. The Morgan fingerprint density at radius 2 is 2.18 bits per heavy atom. The van der Waals surface area contributed by atoms with Crippen molar-refractivity contribution in [2.45, 2.75) is 13.0 Å². The van der Waals surface area contributed by atoms with Crippen LogP contribution in [0.25, 0.3) is 0 Å². The molecule has 0 radical (unpaired) electrons. The lowest BCUT2D eigenvalue weighted by Gasteiger charge is -2.10. The van der Waals surface area contributed by atoms with Crippen LogP contribution in [0.15, 0.2) is 15.9 Å². The van der Waals surface area contributed by atoms with E-state index in [1.54, 1.807) is 11.3 Å². The van der Waals surface area contributed by atoms with Gasteiger partial charge in [0.1, 0.15) is 0 Å². The van der Waals surface area contributed by atoms with Gasteiger partial charge in [-0.15, -0.1) is 11.3 Å². The normalized spacial score (nSPS) is 12.3. The molecular weight excluding hydrogens is 310 g/mol. The molecule has 0 aliphatic carbocycles. The molecule has 0 saturated heterocycles. The summed E-state index contributed by atoms with van der Waals surface area (Å²) in [7, 11) is 0. The van der Waals surface area contributed by atoms with Crippen LogP contribution in [-0.2, 0) is 16.1 Å². The van der Waals surface area contributed by atoms with Crippen LogP contribution in [0.5, 0.6) is 0 Å². The highest BCUT2D eigenvalue weighted by atomic mass is 79.9. The lowest BCUT2D eigenvalue weighted by Crippen LogP contribution is -2.29. The first kappa shape index (κ1) is 14.1. The second kappa shape index (κ2) is 6.73. The molecule has 17 heavy (non-hydrogen) atoms. The highest BCUT2D eigenvalue weighted by molar-refractivity contribution is 9.10. The topological polar surface area (TPSA) is 86.6 Å². The molecule has 1 aromatic heterocycles. The lowest BCUT2D eigenvalue weighted by molar-refractivity contribution is -0.148. The van der Waals surface area contributed by atoms with Crippen LogP contribution in [0.3, 0.4) is 0 Å². The maximum absolute atomic E-state index is 10.8. The summed E-state index contributed by atoms with van der Waals surface area (Å²) in [6, 6.07) is 1.94. The fraction of sp³-hybridized carbons (Fsp3) is 0.400. The summed E-state index contributed by atoms with van der Waals surface area (Å²) in [4.78, 5) is 22.3. The minimum absolute atomic E-state index is 0.150. The van der Waals surface area contributed by atoms with Crippen LogP contribution in [0.4, 0.5) is 0 Å². The third-order valence-electron chi connectivity index (χ3n) is 2.08. The van der Waals surface area contributed by atoms with Crippen LogP contribution >= 0.6 is 27.3 Å². The number of aliphatic carboxylic acids is 2. The summed E-state index contributed by atoms with van der Waals surface area (Å²) in [6.07, 6.45) is -0.365. The summed E-state index contributed by atoms with van der Waals surface area (Å²) >= 11 is 4.87. The summed E-state index contributed by atoms with van der Waals surface area (Å²) in [5, 5.41) is 22.3. The number of carboxylic acid groups (broad SMARTS) is 2. The van der Waals surface area contributed by atoms with E-state index in [-0.39, 0.29) is 13.0 Å². The Hall–Kier alpha value is -0.920. The maximum atomic E-state index is 10.8. The van der Waals surface area contributed by atoms with Gasteiger partial charge in [0.15, 0.2) is 0 Å². The Morgan fingerprint density at radius 1 is 1.47 bits per heavy atom. The molecule has 1 rings (SSSR count). The molecule has 5 nitrogen and oxygen atoms in total. The predicted octanol–water partition coefficient (Wildman–Crippen LogP) is 1.78. The average Bonchev–Trinajstić information content (AvgIpc) is 2.62. The zero-order valence-electron chi connectivity index (χ0n) is 8.85. The minimum atomic E-state index is -1.10. The number of nitrogens with one attached hydrogen (secondary N) is 1. The van der Waals surface area contributed by atoms with Crippen LogP contribution in [-0.4, -0.2) is 28.7 Å². The summed E-state index contributed by atoms with van der Waals surface area (Å²) in [5.74, 6) is -3.08. The lowest BCUT2D eigenvalue weighted by atomic mass is 10.1. The number of carboxylic acids is 2. The van der Waals surface area contributed by atoms with Gasteiger partial charge in [-0.2, -0.15) is 0 Å². The number of carbonyl (C=O) groups is 2. The summed E-state index contributed by atoms with van der Waals surface area (Å²) < 4.78 is 0.986. The van der Waals surface area contributed by atoms with Crippen molar-refractivity contribution >= 4 is 39.2 Å². The van der Waals surface area contributed by atoms with E-state index in [1.807, 2.05) is 11.4 Å². The van der Waals surface area contributed by atoms with Gasteiger partial charge in [-0.05, 0) is 22.0 Å². The van der Waals surface area contributed by atoms with Crippen LogP contribution in [0.2, 0.25) is 0 Å². The van der Waals surface area contributed by atoms with Crippen molar-refractivity contribution < 1.29 is 19.8 Å². The van der Waals surface area contributed by atoms with E-state index in [2.05, 4.69) is 21.2 Å². The molecule has 1 aromatic rings. The van der Waals surface area contributed by atoms with E-state index in [4.69, 9.17) is 10.2 Å². The second-order valence-electron chi connectivity index (χ2n) is 3.50. The van der Waals surface area contributed by atoms with E-state index >= 15 is 0 Å². The molecule has 3 N–H and O–H groups in total. The van der Waals surface area contributed by atoms with Crippen LogP contribution in [0, 0.1) is 5.92 Å². The van der Waals surface area contributed by atoms with Crippen molar-refractivity contribution in [1.82, 2.24) is 5.32 Å². The van der Waals surface area contributed by atoms with Gasteiger partial charge in [0.2, 0.25) is 0 Å². The average molecular weight is 322 g/mol. The van der Waals surface area contributed by atoms with Crippen LogP contribution < -0.4 is 5.32 Å². The first-order valence-electron chi connectivity index (χ1n) is 4.87. The van der Waals surface area contributed by atoms with Crippen molar-refractivity contribution in [2.24, 2.45) is 5.92 Å². The second-order valence-corrected chi connectivity index (χ2v) is 5.41. The Kier molecular flexibility index (Phi) is 5.60. The van der Waals surface area contributed by atoms with Gasteiger partial charge in [-0.25, -0.2) is 0 Å². The Labute approximate surface area is 111 Å². The van der Waals surface area contributed by atoms with E-state index in [9.17, 15) is 9.59 Å².